The fourth-order valence-corrected chi connectivity index (χ4v) is 4.59. The molecule has 7 nitrogen and oxygen atoms in total. The summed E-state index contributed by atoms with van der Waals surface area (Å²) in [7, 11) is 1.57. The Hall–Kier alpha value is -3.21. The molecule has 1 N–H and O–H groups in total. The molecule has 1 unspecified atom stereocenters. The number of hydrogen-bond acceptors (Lipinski definition) is 6. The molecule has 11 heteroatoms. The number of carbonyl (C=O) groups is 1. The quantitative estimate of drug-likeness (QED) is 0.378. The third-order valence-corrected chi connectivity index (χ3v) is 6.57. The summed E-state index contributed by atoms with van der Waals surface area (Å²) in [6.07, 6.45) is 3.23. The highest BCUT2D eigenvalue weighted by atomic mass is 32.2. The molecule has 4 rings (SSSR count). The number of piperidine rings is 1. The number of benzene rings is 2. The van der Waals surface area contributed by atoms with Gasteiger partial charge in [0.1, 0.15) is 5.75 Å². The van der Waals surface area contributed by atoms with E-state index in [1.807, 2.05) is 28.8 Å². The molecule has 0 bridgehead atoms. The molecule has 1 amide bonds. The van der Waals surface area contributed by atoms with Crippen LogP contribution in [0.3, 0.4) is 0 Å². The largest absolute Gasteiger partial charge is 0.495 e. The summed E-state index contributed by atoms with van der Waals surface area (Å²) in [5.74, 6) is -3.75. The number of hydrogen-bond donors (Lipinski definition) is 1. The Morgan fingerprint density at radius 2 is 1.79 bits per heavy atom. The van der Waals surface area contributed by atoms with Gasteiger partial charge in [0, 0.05) is 13.1 Å². The predicted molar refractivity (Wildman–Crippen MR) is 124 cm³/mol. The summed E-state index contributed by atoms with van der Waals surface area (Å²) in [6.45, 7) is 3.28. The van der Waals surface area contributed by atoms with Crippen molar-refractivity contribution < 1.29 is 22.7 Å². The maximum Gasteiger partial charge on any atom is 0.237 e. The van der Waals surface area contributed by atoms with Gasteiger partial charge in [-0.2, -0.15) is 0 Å². The molecule has 0 saturated carbocycles. The monoisotopic (exact) mass is 491 g/mol. The number of amides is 1. The smallest absolute Gasteiger partial charge is 0.237 e. The lowest BCUT2D eigenvalue weighted by Gasteiger charge is -2.28. The number of anilines is 2. The van der Waals surface area contributed by atoms with Crippen LogP contribution in [0.2, 0.25) is 0 Å². The number of aromatic nitrogens is 3. The average Bonchev–Trinajstić information content (AvgIpc) is 3.27. The molecule has 3 aromatic rings. The van der Waals surface area contributed by atoms with E-state index in [0.717, 1.165) is 61.9 Å². The Kier molecular flexibility index (Phi) is 7.30. The maximum absolute atomic E-state index is 14.0. The summed E-state index contributed by atoms with van der Waals surface area (Å²) in [4.78, 5) is 14.9. The van der Waals surface area contributed by atoms with Gasteiger partial charge in [0.25, 0.3) is 0 Å². The van der Waals surface area contributed by atoms with Crippen LogP contribution in [0.5, 0.6) is 5.75 Å². The molecule has 34 heavy (non-hydrogen) atoms. The van der Waals surface area contributed by atoms with E-state index in [9.17, 15) is 18.0 Å². The van der Waals surface area contributed by atoms with Crippen LogP contribution in [-0.2, 0) is 4.79 Å². The number of carbonyl (C=O) groups excluding carboxylic acids is 1. The number of nitrogens with zero attached hydrogens (tertiary/aromatic N) is 4. The van der Waals surface area contributed by atoms with E-state index < -0.39 is 34.3 Å². The first kappa shape index (κ1) is 23.9. The van der Waals surface area contributed by atoms with Crippen LogP contribution in [0, 0.1) is 17.5 Å². The van der Waals surface area contributed by atoms with Crippen molar-refractivity contribution in [1.82, 2.24) is 14.8 Å². The van der Waals surface area contributed by atoms with E-state index in [4.69, 9.17) is 4.74 Å². The van der Waals surface area contributed by atoms with Crippen LogP contribution in [0.15, 0.2) is 41.6 Å². The van der Waals surface area contributed by atoms with Gasteiger partial charge >= 0.3 is 0 Å². The molecule has 0 spiro atoms. The zero-order chi connectivity index (χ0) is 24.2. The molecule has 1 fully saturated rings. The SMILES string of the molecule is COc1ccccc1-n1c(SC(C)C(=O)Nc2ccc(F)c(F)c2F)nnc1N1CCCCC1. The standard InChI is InChI=1S/C23H24F3N5O2S/c1-14(21(32)27-16-11-10-15(24)19(25)20(16)26)34-23-29-28-22(30-12-6-3-7-13-30)31(23)17-8-4-5-9-18(17)33-2/h4-5,8-11,14H,3,6-7,12-13H2,1-2H3,(H,27,32). The molecule has 2 aromatic carbocycles. The topological polar surface area (TPSA) is 72.3 Å². The van der Waals surface area contributed by atoms with Crippen molar-refractivity contribution >= 4 is 29.3 Å². The summed E-state index contributed by atoms with van der Waals surface area (Å²) < 4.78 is 48.1. The lowest BCUT2D eigenvalue weighted by Crippen LogP contribution is -2.32. The Morgan fingerprint density at radius 3 is 2.53 bits per heavy atom. The molecule has 0 aliphatic carbocycles. The number of ether oxygens (including phenoxy) is 1. The number of halogens is 3. The minimum absolute atomic E-state index is 0.434. The van der Waals surface area contributed by atoms with Crippen molar-refractivity contribution in [3.63, 3.8) is 0 Å². The van der Waals surface area contributed by atoms with Gasteiger partial charge in [0.2, 0.25) is 11.9 Å². The van der Waals surface area contributed by atoms with Crippen LogP contribution < -0.4 is 15.0 Å². The highest BCUT2D eigenvalue weighted by molar-refractivity contribution is 8.00. The van der Waals surface area contributed by atoms with Crippen molar-refractivity contribution in [2.75, 3.05) is 30.4 Å². The lowest BCUT2D eigenvalue weighted by molar-refractivity contribution is -0.115. The highest BCUT2D eigenvalue weighted by Gasteiger charge is 2.26. The van der Waals surface area contributed by atoms with E-state index in [-0.39, 0.29) is 0 Å². The Bertz CT molecular complexity index is 1180. The second-order valence-corrected chi connectivity index (χ2v) is 9.12. The third kappa shape index (κ3) is 4.84. The van der Waals surface area contributed by atoms with Crippen LogP contribution in [0.25, 0.3) is 5.69 Å². The second kappa shape index (κ2) is 10.4. The first-order chi connectivity index (χ1) is 16.4. The minimum Gasteiger partial charge on any atom is -0.495 e. The van der Waals surface area contributed by atoms with Crippen molar-refractivity contribution in [2.45, 2.75) is 36.6 Å². The maximum atomic E-state index is 14.0. The van der Waals surface area contributed by atoms with Crippen LogP contribution >= 0.6 is 11.8 Å². The Labute approximate surface area is 199 Å². The van der Waals surface area contributed by atoms with Crippen LogP contribution in [0.1, 0.15) is 26.2 Å². The average molecular weight is 492 g/mol. The van der Waals surface area contributed by atoms with Crippen molar-refractivity contribution in [2.24, 2.45) is 0 Å². The summed E-state index contributed by atoms with van der Waals surface area (Å²) in [5.41, 5.74) is 0.286. The van der Waals surface area contributed by atoms with Gasteiger partial charge in [-0.05, 0) is 50.5 Å². The van der Waals surface area contributed by atoms with Crippen molar-refractivity contribution in [3.8, 4) is 11.4 Å². The predicted octanol–water partition coefficient (Wildman–Crippen LogP) is 4.80. The Balaban J connectivity index is 1.63. The molecule has 1 aromatic heterocycles. The molecule has 180 valence electrons. The van der Waals surface area contributed by atoms with E-state index in [0.29, 0.717) is 16.9 Å². The molecular formula is C23H24F3N5O2S. The molecule has 1 saturated heterocycles. The first-order valence-corrected chi connectivity index (χ1v) is 11.7. The zero-order valence-electron chi connectivity index (χ0n) is 18.7. The van der Waals surface area contributed by atoms with Crippen molar-refractivity contribution in [3.05, 3.63) is 53.8 Å². The van der Waals surface area contributed by atoms with Gasteiger partial charge < -0.3 is 15.0 Å². The summed E-state index contributed by atoms with van der Waals surface area (Å²) in [5, 5.41) is 10.7. The number of methoxy groups -OCH3 is 1. The first-order valence-electron chi connectivity index (χ1n) is 10.9. The fourth-order valence-electron chi connectivity index (χ4n) is 3.73. The van der Waals surface area contributed by atoms with Gasteiger partial charge in [-0.1, -0.05) is 23.9 Å². The lowest BCUT2D eigenvalue weighted by atomic mass is 10.1. The zero-order valence-corrected chi connectivity index (χ0v) is 19.5. The van der Waals surface area contributed by atoms with Gasteiger partial charge in [-0.15, -0.1) is 10.2 Å². The highest BCUT2D eigenvalue weighted by Crippen LogP contribution is 2.34. The van der Waals surface area contributed by atoms with Gasteiger partial charge in [0.05, 0.1) is 23.7 Å². The molecule has 0 radical (unpaired) electrons. The van der Waals surface area contributed by atoms with E-state index in [2.05, 4.69) is 20.4 Å². The van der Waals surface area contributed by atoms with E-state index >= 15 is 0 Å². The molecule has 2 heterocycles. The van der Waals surface area contributed by atoms with Crippen LogP contribution in [-0.4, -0.2) is 46.1 Å². The normalized spacial score (nSPS) is 14.7. The van der Waals surface area contributed by atoms with E-state index in [1.54, 1.807) is 14.0 Å². The Morgan fingerprint density at radius 1 is 1.06 bits per heavy atom. The summed E-state index contributed by atoms with van der Waals surface area (Å²) >= 11 is 1.11. The number of nitrogens with one attached hydrogen (secondary N) is 1. The minimum atomic E-state index is -1.64. The van der Waals surface area contributed by atoms with Gasteiger partial charge in [0.15, 0.2) is 22.6 Å². The van der Waals surface area contributed by atoms with E-state index in [1.165, 1.54) is 0 Å². The number of para-hydroxylation sites is 2. The number of thioether (sulfide) groups is 1. The number of rotatable bonds is 7. The second-order valence-electron chi connectivity index (χ2n) is 7.81. The third-order valence-electron chi connectivity index (χ3n) is 5.53. The molecule has 1 atom stereocenters. The van der Waals surface area contributed by atoms with Crippen molar-refractivity contribution in [1.29, 1.82) is 0 Å². The summed E-state index contributed by atoms with van der Waals surface area (Å²) in [6, 6.07) is 9.16. The molecular weight excluding hydrogens is 467 g/mol. The van der Waals surface area contributed by atoms with Gasteiger partial charge in [-0.3, -0.25) is 9.36 Å². The molecule has 1 aliphatic rings. The fraction of sp³-hybridized carbons (Fsp3) is 0.348. The van der Waals surface area contributed by atoms with Crippen LogP contribution in [0.4, 0.5) is 24.8 Å². The molecule has 1 aliphatic heterocycles. The van der Waals surface area contributed by atoms with Gasteiger partial charge in [-0.25, -0.2) is 13.2 Å².